The van der Waals surface area contributed by atoms with Crippen LogP contribution < -0.4 is 0 Å². The van der Waals surface area contributed by atoms with Gasteiger partial charge < -0.3 is 0 Å². The second-order valence-corrected chi connectivity index (χ2v) is 7.93. The molecular formula is C21H28O3S. The Hall–Kier alpha value is -1.65. The summed E-state index contributed by atoms with van der Waals surface area (Å²) in [4.78, 5) is -0.0259. The lowest BCUT2D eigenvalue weighted by molar-refractivity contribution is 0.483. The van der Waals surface area contributed by atoms with E-state index >= 15 is 0 Å². The summed E-state index contributed by atoms with van der Waals surface area (Å²) in [7, 11) is -4.24. The largest absolute Gasteiger partial charge is 0.295 e. The highest BCUT2D eigenvalue weighted by molar-refractivity contribution is 7.86. The van der Waals surface area contributed by atoms with Gasteiger partial charge in [0.15, 0.2) is 0 Å². The maximum absolute atomic E-state index is 11.7. The molecule has 0 amide bonds. The zero-order valence-electron chi connectivity index (χ0n) is 14.9. The number of hydrogen-bond donors (Lipinski definition) is 1. The molecule has 0 saturated heterocycles. The summed E-state index contributed by atoms with van der Waals surface area (Å²) >= 11 is 0. The molecule has 4 heteroatoms. The van der Waals surface area contributed by atoms with Gasteiger partial charge in [0, 0.05) is 5.56 Å². The van der Waals surface area contributed by atoms with Crippen LogP contribution in [0.1, 0.15) is 57.4 Å². The third-order valence-electron chi connectivity index (χ3n) is 4.48. The number of benzene rings is 2. The first-order chi connectivity index (χ1) is 12.0. The molecule has 2 rings (SSSR count). The van der Waals surface area contributed by atoms with E-state index in [1.165, 1.54) is 44.6 Å². The lowest BCUT2D eigenvalue weighted by Gasteiger charge is -2.10. The van der Waals surface area contributed by atoms with Crippen molar-refractivity contribution >= 4 is 10.1 Å². The Morgan fingerprint density at radius 2 is 1.48 bits per heavy atom. The molecule has 0 aliphatic rings. The highest BCUT2D eigenvalue weighted by Gasteiger charge is 2.17. The fourth-order valence-electron chi connectivity index (χ4n) is 3.09. The molecular weight excluding hydrogens is 332 g/mol. The van der Waals surface area contributed by atoms with Crippen molar-refractivity contribution in [3.05, 3.63) is 54.1 Å². The molecule has 0 radical (unpaired) electrons. The van der Waals surface area contributed by atoms with Crippen LogP contribution in [-0.4, -0.2) is 13.0 Å². The van der Waals surface area contributed by atoms with Crippen molar-refractivity contribution in [3.8, 4) is 11.1 Å². The van der Waals surface area contributed by atoms with Crippen molar-refractivity contribution in [1.29, 1.82) is 0 Å². The van der Waals surface area contributed by atoms with Crippen molar-refractivity contribution in [1.82, 2.24) is 0 Å². The maximum atomic E-state index is 11.7. The van der Waals surface area contributed by atoms with Gasteiger partial charge in [-0.05, 0) is 36.1 Å². The van der Waals surface area contributed by atoms with E-state index in [2.05, 4.69) is 6.92 Å². The second-order valence-electron chi connectivity index (χ2n) is 6.54. The quantitative estimate of drug-likeness (QED) is 0.424. The van der Waals surface area contributed by atoms with Gasteiger partial charge in [-0.25, -0.2) is 0 Å². The first kappa shape index (κ1) is 19.7. The van der Waals surface area contributed by atoms with E-state index in [0.29, 0.717) is 5.56 Å². The van der Waals surface area contributed by atoms with Gasteiger partial charge in [0.05, 0.1) is 0 Å². The molecule has 136 valence electrons. The van der Waals surface area contributed by atoms with Gasteiger partial charge >= 0.3 is 0 Å². The molecule has 0 spiro atoms. The standard InChI is InChI=1S/C21H28O3S/c1-2-3-4-5-6-7-9-12-18-15-16-21(25(22,23)24)20(17-18)19-13-10-8-11-14-19/h8,10-11,13-17H,2-7,9,12H2,1H3,(H,22,23,24). The molecule has 1 N–H and O–H groups in total. The van der Waals surface area contributed by atoms with Crippen LogP contribution in [0.4, 0.5) is 0 Å². The van der Waals surface area contributed by atoms with Crippen molar-refractivity contribution < 1.29 is 13.0 Å². The average molecular weight is 361 g/mol. The molecule has 0 aliphatic heterocycles. The van der Waals surface area contributed by atoms with Crippen LogP contribution in [0.5, 0.6) is 0 Å². The lowest BCUT2D eigenvalue weighted by Crippen LogP contribution is -2.02. The van der Waals surface area contributed by atoms with Crippen LogP contribution in [0, 0.1) is 0 Å². The molecule has 2 aromatic carbocycles. The summed E-state index contributed by atoms with van der Waals surface area (Å²) in [5, 5.41) is 0. The Morgan fingerprint density at radius 3 is 2.12 bits per heavy atom. The first-order valence-corrected chi connectivity index (χ1v) is 10.6. The Morgan fingerprint density at radius 1 is 0.840 bits per heavy atom. The molecule has 0 saturated carbocycles. The fourth-order valence-corrected chi connectivity index (χ4v) is 3.78. The number of rotatable bonds is 10. The maximum Gasteiger partial charge on any atom is 0.295 e. The van der Waals surface area contributed by atoms with E-state index in [9.17, 15) is 13.0 Å². The van der Waals surface area contributed by atoms with E-state index in [1.807, 2.05) is 42.5 Å². The SMILES string of the molecule is CCCCCCCCCc1ccc(S(=O)(=O)O)c(-c2ccccc2)c1. The molecule has 25 heavy (non-hydrogen) atoms. The monoisotopic (exact) mass is 360 g/mol. The van der Waals surface area contributed by atoms with E-state index in [-0.39, 0.29) is 4.90 Å². The topological polar surface area (TPSA) is 54.4 Å². The van der Waals surface area contributed by atoms with Gasteiger partial charge in [0.2, 0.25) is 0 Å². The molecule has 0 aliphatic carbocycles. The fraction of sp³-hybridized carbons (Fsp3) is 0.429. The summed E-state index contributed by atoms with van der Waals surface area (Å²) in [6, 6.07) is 14.6. The Kier molecular flexibility index (Phi) is 7.66. The van der Waals surface area contributed by atoms with E-state index in [1.54, 1.807) is 0 Å². The molecule has 0 atom stereocenters. The minimum atomic E-state index is -4.24. The van der Waals surface area contributed by atoms with Gasteiger partial charge in [0.25, 0.3) is 10.1 Å². The van der Waals surface area contributed by atoms with Crippen LogP contribution in [0.3, 0.4) is 0 Å². The predicted octanol–water partition coefficient (Wildman–Crippen LogP) is 5.89. The normalized spacial score (nSPS) is 11.6. The van der Waals surface area contributed by atoms with Crippen LogP contribution in [0.15, 0.2) is 53.4 Å². The van der Waals surface area contributed by atoms with Gasteiger partial charge in [-0.2, -0.15) is 8.42 Å². The Balaban J connectivity index is 2.06. The zero-order chi connectivity index (χ0) is 18.1. The summed E-state index contributed by atoms with van der Waals surface area (Å²) in [5.74, 6) is 0. The van der Waals surface area contributed by atoms with Crippen molar-refractivity contribution in [3.63, 3.8) is 0 Å². The predicted molar refractivity (Wildman–Crippen MR) is 103 cm³/mol. The Bertz CT molecular complexity index is 752. The highest BCUT2D eigenvalue weighted by Crippen LogP contribution is 2.29. The highest BCUT2D eigenvalue weighted by atomic mass is 32.2. The summed E-state index contributed by atoms with van der Waals surface area (Å²) < 4.78 is 32.9. The van der Waals surface area contributed by atoms with Crippen LogP contribution in [0.2, 0.25) is 0 Å². The molecule has 0 fully saturated rings. The smallest absolute Gasteiger partial charge is 0.282 e. The summed E-state index contributed by atoms with van der Waals surface area (Å²) in [6.45, 7) is 2.22. The van der Waals surface area contributed by atoms with Gasteiger partial charge in [-0.1, -0.05) is 81.8 Å². The third-order valence-corrected chi connectivity index (χ3v) is 5.39. The van der Waals surface area contributed by atoms with Gasteiger partial charge in [0.1, 0.15) is 4.90 Å². The third kappa shape index (κ3) is 6.29. The molecule has 0 bridgehead atoms. The van der Waals surface area contributed by atoms with Crippen LogP contribution in [0.25, 0.3) is 11.1 Å². The summed E-state index contributed by atoms with van der Waals surface area (Å²) in [6.07, 6.45) is 9.69. The van der Waals surface area contributed by atoms with Crippen molar-refractivity contribution in [2.24, 2.45) is 0 Å². The number of aryl methyl sites for hydroxylation is 1. The molecule has 0 heterocycles. The molecule has 0 aromatic heterocycles. The molecule has 0 unspecified atom stereocenters. The van der Waals surface area contributed by atoms with Crippen molar-refractivity contribution in [2.45, 2.75) is 63.2 Å². The first-order valence-electron chi connectivity index (χ1n) is 9.18. The zero-order valence-corrected chi connectivity index (χ0v) is 15.8. The molecule has 2 aromatic rings. The van der Waals surface area contributed by atoms with E-state index in [4.69, 9.17) is 0 Å². The Labute approximate surface area is 151 Å². The minimum absolute atomic E-state index is 0.0259. The molecule has 3 nitrogen and oxygen atoms in total. The number of unbranched alkanes of at least 4 members (excludes halogenated alkanes) is 6. The minimum Gasteiger partial charge on any atom is -0.282 e. The second kappa shape index (κ2) is 9.73. The van der Waals surface area contributed by atoms with Gasteiger partial charge in [-0.15, -0.1) is 0 Å². The van der Waals surface area contributed by atoms with Gasteiger partial charge in [-0.3, -0.25) is 4.55 Å². The lowest BCUT2D eigenvalue weighted by atomic mass is 9.99. The van der Waals surface area contributed by atoms with Crippen LogP contribution in [-0.2, 0) is 16.5 Å². The summed E-state index contributed by atoms with van der Waals surface area (Å²) in [5.41, 5.74) is 2.49. The number of hydrogen-bond acceptors (Lipinski definition) is 2. The van der Waals surface area contributed by atoms with E-state index < -0.39 is 10.1 Å². The van der Waals surface area contributed by atoms with Crippen molar-refractivity contribution in [2.75, 3.05) is 0 Å². The van der Waals surface area contributed by atoms with E-state index in [0.717, 1.165) is 24.0 Å². The van der Waals surface area contributed by atoms with Crippen LogP contribution >= 0.6 is 0 Å². The average Bonchev–Trinajstić information content (AvgIpc) is 2.61.